The van der Waals surface area contributed by atoms with Crippen LogP contribution < -0.4 is 5.32 Å². The number of alkyl halides is 3. The van der Waals surface area contributed by atoms with Crippen LogP contribution in [-0.2, 0) is 9.47 Å². The van der Waals surface area contributed by atoms with Gasteiger partial charge < -0.3 is 19.9 Å². The van der Waals surface area contributed by atoms with E-state index in [9.17, 15) is 23.1 Å². The van der Waals surface area contributed by atoms with Crippen molar-refractivity contribution in [1.82, 2.24) is 5.32 Å². The van der Waals surface area contributed by atoms with Gasteiger partial charge in [0.2, 0.25) is 0 Å². The molecule has 22 heavy (non-hydrogen) atoms. The number of alkyl carbamates (subject to hydrolysis) is 1. The fourth-order valence-electron chi connectivity index (χ4n) is 3.05. The summed E-state index contributed by atoms with van der Waals surface area (Å²) in [5.41, 5.74) is -2.95. The molecule has 1 amide bonds. The molecule has 1 atom stereocenters. The number of aliphatic hydroxyl groups is 1. The van der Waals surface area contributed by atoms with Gasteiger partial charge in [0.15, 0.2) is 6.10 Å². The van der Waals surface area contributed by atoms with Gasteiger partial charge in [-0.3, -0.25) is 0 Å². The number of rotatable bonds is 2. The van der Waals surface area contributed by atoms with E-state index >= 15 is 0 Å². The Hall–Kier alpha value is -1.02. The molecule has 3 aliphatic rings. The lowest BCUT2D eigenvalue weighted by Crippen LogP contribution is -2.67. The predicted octanol–water partition coefficient (Wildman–Crippen LogP) is 2.52. The number of carbonyl (C=O) groups is 1. The molecule has 8 heteroatoms. The molecule has 2 bridgehead atoms. The summed E-state index contributed by atoms with van der Waals surface area (Å²) < 4.78 is 48.8. The van der Waals surface area contributed by atoms with Gasteiger partial charge in [0.25, 0.3) is 0 Å². The van der Waals surface area contributed by atoms with Gasteiger partial charge >= 0.3 is 12.3 Å². The zero-order chi connectivity index (χ0) is 16.8. The molecule has 0 spiro atoms. The van der Waals surface area contributed by atoms with Crippen LogP contribution in [-0.4, -0.2) is 46.8 Å². The second kappa shape index (κ2) is 5.26. The Bertz CT molecular complexity index is 420. The third-order valence-electron chi connectivity index (χ3n) is 4.26. The number of aliphatic hydroxyl groups excluding tert-OH is 1. The number of nitrogens with one attached hydrogen (secondary N) is 1. The molecule has 0 aromatic rings. The molecule has 0 radical (unpaired) electrons. The molecular formula is C14H22F3NO4. The van der Waals surface area contributed by atoms with Crippen LogP contribution in [0.1, 0.15) is 46.5 Å². The Balaban J connectivity index is 2.00. The van der Waals surface area contributed by atoms with Crippen molar-refractivity contribution in [3.8, 4) is 0 Å². The van der Waals surface area contributed by atoms with E-state index in [0.29, 0.717) is 12.8 Å². The molecular weight excluding hydrogens is 303 g/mol. The van der Waals surface area contributed by atoms with Gasteiger partial charge in [-0.2, -0.15) is 13.2 Å². The van der Waals surface area contributed by atoms with Crippen LogP contribution in [0, 0.1) is 0 Å². The number of carbonyl (C=O) groups excluding carboxylic acids is 1. The Morgan fingerprint density at radius 2 is 1.77 bits per heavy atom. The summed E-state index contributed by atoms with van der Waals surface area (Å²) in [5.74, 6) is 0. The van der Waals surface area contributed by atoms with E-state index in [-0.39, 0.29) is 19.4 Å². The molecule has 3 rings (SSSR count). The quantitative estimate of drug-likeness (QED) is 0.819. The third kappa shape index (κ3) is 3.48. The molecule has 1 aliphatic carbocycles. The van der Waals surface area contributed by atoms with Crippen LogP contribution in [0.5, 0.6) is 0 Å². The Labute approximate surface area is 127 Å². The highest BCUT2D eigenvalue weighted by Crippen LogP contribution is 2.48. The Kier molecular flexibility index (Phi) is 4.15. The molecule has 0 aromatic heterocycles. The fraction of sp³-hybridized carbons (Fsp3) is 0.929. The first-order valence-corrected chi connectivity index (χ1v) is 7.28. The van der Waals surface area contributed by atoms with Crippen molar-refractivity contribution < 1.29 is 32.5 Å². The zero-order valence-corrected chi connectivity index (χ0v) is 12.9. The molecule has 2 saturated heterocycles. The van der Waals surface area contributed by atoms with E-state index in [1.54, 1.807) is 20.8 Å². The second-order valence-corrected chi connectivity index (χ2v) is 7.20. The number of halogens is 3. The second-order valence-electron chi connectivity index (χ2n) is 7.20. The average Bonchev–Trinajstić information content (AvgIpc) is 2.36. The minimum Gasteiger partial charge on any atom is -0.444 e. The minimum absolute atomic E-state index is 0.0451. The molecule has 1 saturated carbocycles. The first-order valence-electron chi connectivity index (χ1n) is 7.28. The lowest BCUT2D eigenvalue weighted by Gasteiger charge is -2.54. The summed E-state index contributed by atoms with van der Waals surface area (Å²) in [6, 6.07) is 0. The summed E-state index contributed by atoms with van der Waals surface area (Å²) in [6.45, 7) is 5.13. The molecule has 1 unspecified atom stereocenters. The van der Waals surface area contributed by atoms with E-state index < -0.39 is 35.1 Å². The first-order chi connectivity index (χ1) is 9.88. The summed E-state index contributed by atoms with van der Waals surface area (Å²) in [5, 5.41) is 12.3. The maximum Gasteiger partial charge on any atom is 0.417 e. The van der Waals surface area contributed by atoms with Crippen molar-refractivity contribution >= 4 is 6.09 Å². The molecule has 128 valence electrons. The lowest BCUT2D eigenvalue weighted by atomic mass is 9.69. The van der Waals surface area contributed by atoms with Gasteiger partial charge in [0.05, 0.1) is 12.1 Å². The Morgan fingerprint density at radius 1 is 1.23 bits per heavy atom. The maximum atomic E-state index is 12.8. The number of ether oxygens (including phenoxy) is 2. The van der Waals surface area contributed by atoms with Crippen LogP contribution in [0.4, 0.5) is 18.0 Å². The van der Waals surface area contributed by atoms with Crippen LogP contribution in [0.15, 0.2) is 0 Å². The predicted molar refractivity (Wildman–Crippen MR) is 71.3 cm³/mol. The van der Waals surface area contributed by atoms with Crippen LogP contribution in [0.2, 0.25) is 0 Å². The van der Waals surface area contributed by atoms with Gasteiger partial charge in [-0.1, -0.05) is 0 Å². The van der Waals surface area contributed by atoms with Gasteiger partial charge in [-0.05, 0) is 46.5 Å². The topological polar surface area (TPSA) is 67.8 Å². The molecule has 2 aliphatic heterocycles. The number of hydrogen-bond donors (Lipinski definition) is 2. The van der Waals surface area contributed by atoms with E-state index in [4.69, 9.17) is 9.47 Å². The highest BCUT2D eigenvalue weighted by atomic mass is 19.4. The van der Waals surface area contributed by atoms with Crippen LogP contribution in [0.3, 0.4) is 0 Å². The van der Waals surface area contributed by atoms with Gasteiger partial charge in [0, 0.05) is 0 Å². The smallest absolute Gasteiger partial charge is 0.417 e. The largest absolute Gasteiger partial charge is 0.444 e. The maximum absolute atomic E-state index is 12.8. The SMILES string of the molecule is CC(C)(C)OC(=O)NC12CCC(C(O)C(F)(F)F)(CC1)OC2. The first kappa shape index (κ1) is 17.3. The lowest BCUT2D eigenvalue weighted by molar-refractivity contribution is -0.296. The fourth-order valence-corrected chi connectivity index (χ4v) is 3.05. The summed E-state index contributed by atoms with van der Waals surface area (Å²) >= 11 is 0. The Morgan fingerprint density at radius 3 is 2.14 bits per heavy atom. The van der Waals surface area contributed by atoms with Gasteiger partial charge in [0.1, 0.15) is 11.2 Å². The van der Waals surface area contributed by atoms with Gasteiger partial charge in [-0.25, -0.2) is 4.79 Å². The monoisotopic (exact) mass is 325 g/mol. The molecule has 0 aromatic carbocycles. The third-order valence-corrected chi connectivity index (χ3v) is 4.26. The van der Waals surface area contributed by atoms with E-state index in [2.05, 4.69) is 5.32 Å². The summed E-state index contributed by atoms with van der Waals surface area (Å²) in [4.78, 5) is 11.9. The number of fused-ring (bicyclic) bond motifs is 3. The van der Waals surface area contributed by atoms with Crippen molar-refractivity contribution in [2.75, 3.05) is 6.61 Å². The zero-order valence-electron chi connectivity index (χ0n) is 12.9. The highest BCUT2D eigenvalue weighted by Gasteiger charge is 2.60. The molecule has 2 heterocycles. The molecule has 3 fully saturated rings. The normalized spacial score (nSPS) is 33.4. The van der Waals surface area contributed by atoms with E-state index in [0.717, 1.165) is 0 Å². The highest BCUT2D eigenvalue weighted by molar-refractivity contribution is 5.69. The standard InChI is InChI=1S/C14H22F3NO4/c1-11(2,3)22-10(20)18-12-4-6-13(7-5-12,21-8-12)9(19)14(15,16)17/h9,19H,4-8H2,1-3H3,(H,18,20). The minimum atomic E-state index is -4.71. The average molecular weight is 325 g/mol. The van der Waals surface area contributed by atoms with E-state index in [1.807, 2.05) is 0 Å². The van der Waals surface area contributed by atoms with Crippen molar-refractivity contribution in [1.29, 1.82) is 0 Å². The number of amides is 1. The van der Waals surface area contributed by atoms with Gasteiger partial charge in [-0.15, -0.1) is 0 Å². The van der Waals surface area contributed by atoms with Crippen LogP contribution in [0.25, 0.3) is 0 Å². The summed E-state index contributed by atoms with van der Waals surface area (Å²) in [6.07, 6.45) is -7.09. The van der Waals surface area contributed by atoms with Crippen molar-refractivity contribution in [2.45, 2.75) is 75.5 Å². The molecule has 5 nitrogen and oxygen atoms in total. The summed E-state index contributed by atoms with van der Waals surface area (Å²) in [7, 11) is 0. The van der Waals surface area contributed by atoms with Crippen molar-refractivity contribution in [3.63, 3.8) is 0 Å². The molecule has 2 N–H and O–H groups in total. The van der Waals surface area contributed by atoms with Crippen LogP contribution >= 0.6 is 0 Å². The van der Waals surface area contributed by atoms with E-state index in [1.165, 1.54) is 0 Å². The van der Waals surface area contributed by atoms with Crippen molar-refractivity contribution in [2.24, 2.45) is 0 Å². The number of hydrogen-bond acceptors (Lipinski definition) is 4. The van der Waals surface area contributed by atoms with Crippen molar-refractivity contribution in [3.05, 3.63) is 0 Å².